The summed E-state index contributed by atoms with van der Waals surface area (Å²) < 4.78 is 5.88. The molecule has 5 nitrogen and oxygen atoms in total. The van der Waals surface area contributed by atoms with Crippen LogP contribution in [0.2, 0.25) is 0 Å². The van der Waals surface area contributed by atoms with Gasteiger partial charge in [-0.25, -0.2) is 0 Å². The van der Waals surface area contributed by atoms with Crippen LogP contribution in [0, 0.1) is 11.8 Å². The summed E-state index contributed by atoms with van der Waals surface area (Å²) in [6.07, 6.45) is 7.23. The minimum atomic E-state index is -0.936. The number of amides is 1. The van der Waals surface area contributed by atoms with Crippen molar-refractivity contribution in [3.05, 3.63) is 23.8 Å². The molecule has 0 radical (unpaired) electrons. The molecular formula is C17H23NO4. The van der Waals surface area contributed by atoms with Gasteiger partial charge in [0.2, 0.25) is 5.91 Å². The fraction of sp³-hybridized carbons (Fsp3) is 0.647. The van der Waals surface area contributed by atoms with Crippen LogP contribution in [0.1, 0.15) is 33.6 Å². The number of allylic oxidation sites excluding steroid dienone is 2. The van der Waals surface area contributed by atoms with Gasteiger partial charge < -0.3 is 14.7 Å². The summed E-state index contributed by atoms with van der Waals surface area (Å²) in [4.78, 5) is 26.1. The molecule has 0 saturated carbocycles. The van der Waals surface area contributed by atoms with E-state index in [1.165, 1.54) is 5.57 Å². The van der Waals surface area contributed by atoms with Gasteiger partial charge in [-0.15, -0.1) is 0 Å². The lowest BCUT2D eigenvalue weighted by Gasteiger charge is -2.27. The molecule has 1 N–H and O–H groups in total. The van der Waals surface area contributed by atoms with Crippen LogP contribution in [0.15, 0.2) is 23.8 Å². The molecule has 2 saturated heterocycles. The summed E-state index contributed by atoms with van der Waals surface area (Å²) in [6.45, 7) is 6.62. The lowest BCUT2D eigenvalue weighted by Crippen LogP contribution is -2.40. The van der Waals surface area contributed by atoms with E-state index in [9.17, 15) is 14.7 Å². The lowest BCUT2D eigenvalue weighted by atomic mass is 9.77. The maximum atomic E-state index is 12.8. The Morgan fingerprint density at radius 3 is 2.95 bits per heavy atom. The zero-order chi connectivity index (χ0) is 16.1. The summed E-state index contributed by atoms with van der Waals surface area (Å²) in [6, 6.07) is 0.0913. The molecule has 0 aromatic carbocycles. The number of likely N-dealkylation sites (tertiary alicyclic amines) is 1. The van der Waals surface area contributed by atoms with E-state index in [0.717, 1.165) is 12.8 Å². The van der Waals surface area contributed by atoms with Crippen molar-refractivity contribution in [1.82, 2.24) is 4.90 Å². The van der Waals surface area contributed by atoms with Crippen LogP contribution in [0.3, 0.4) is 0 Å². The summed E-state index contributed by atoms with van der Waals surface area (Å²) >= 11 is 0. The van der Waals surface area contributed by atoms with E-state index in [4.69, 9.17) is 4.74 Å². The third-order valence-electron chi connectivity index (χ3n) is 5.08. The Morgan fingerprint density at radius 1 is 1.59 bits per heavy atom. The largest absolute Gasteiger partial charge is 0.481 e. The average Bonchev–Trinajstić information content (AvgIpc) is 3.06. The molecule has 1 spiro atoms. The van der Waals surface area contributed by atoms with Gasteiger partial charge in [0.05, 0.1) is 18.6 Å². The van der Waals surface area contributed by atoms with E-state index in [0.29, 0.717) is 6.54 Å². The van der Waals surface area contributed by atoms with Crippen molar-refractivity contribution < 1.29 is 19.4 Å². The predicted molar refractivity (Wildman–Crippen MR) is 81.2 cm³/mol. The van der Waals surface area contributed by atoms with E-state index < -0.39 is 29.5 Å². The molecule has 3 heterocycles. The van der Waals surface area contributed by atoms with Crippen LogP contribution in [-0.2, 0) is 14.3 Å². The molecule has 2 bridgehead atoms. The molecule has 22 heavy (non-hydrogen) atoms. The van der Waals surface area contributed by atoms with Gasteiger partial charge in [0.1, 0.15) is 11.5 Å². The second-order valence-corrected chi connectivity index (χ2v) is 6.91. The monoisotopic (exact) mass is 305 g/mol. The number of aliphatic carboxylic acids is 1. The van der Waals surface area contributed by atoms with Crippen molar-refractivity contribution in [3.8, 4) is 0 Å². The molecule has 5 atom stereocenters. The number of ether oxygens (including phenoxy) is 1. The van der Waals surface area contributed by atoms with Gasteiger partial charge in [0, 0.05) is 6.04 Å². The molecule has 1 amide bonds. The van der Waals surface area contributed by atoms with Crippen LogP contribution in [0.5, 0.6) is 0 Å². The summed E-state index contributed by atoms with van der Waals surface area (Å²) in [5.41, 5.74) is 0.557. The maximum absolute atomic E-state index is 12.8. The molecular weight excluding hydrogens is 282 g/mol. The maximum Gasteiger partial charge on any atom is 0.310 e. The van der Waals surface area contributed by atoms with Crippen molar-refractivity contribution in [2.45, 2.75) is 51.4 Å². The van der Waals surface area contributed by atoms with Crippen molar-refractivity contribution >= 4 is 11.9 Å². The smallest absolute Gasteiger partial charge is 0.310 e. The van der Waals surface area contributed by atoms with E-state index in [1.54, 1.807) is 6.08 Å². The van der Waals surface area contributed by atoms with Crippen molar-refractivity contribution in [3.63, 3.8) is 0 Å². The van der Waals surface area contributed by atoms with E-state index >= 15 is 0 Å². The Bertz CT molecular complexity index is 563. The van der Waals surface area contributed by atoms with Crippen molar-refractivity contribution in [2.24, 2.45) is 11.8 Å². The highest BCUT2D eigenvalue weighted by atomic mass is 16.5. The van der Waals surface area contributed by atoms with Gasteiger partial charge in [-0.2, -0.15) is 0 Å². The van der Waals surface area contributed by atoms with Gasteiger partial charge in [-0.3, -0.25) is 9.59 Å². The molecule has 0 aliphatic carbocycles. The number of nitrogens with zero attached hydrogens (tertiary/aromatic N) is 1. The first kappa shape index (κ1) is 15.3. The summed E-state index contributed by atoms with van der Waals surface area (Å²) in [5.74, 6) is -2.31. The Hall–Kier alpha value is -1.62. The van der Waals surface area contributed by atoms with Crippen LogP contribution >= 0.6 is 0 Å². The highest BCUT2D eigenvalue weighted by molar-refractivity contribution is 5.90. The van der Waals surface area contributed by atoms with Crippen LogP contribution in [-0.4, -0.2) is 46.2 Å². The number of hydrogen-bond donors (Lipinski definition) is 1. The first-order valence-electron chi connectivity index (χ1n) is 7.89. The zero-order valence-corrected chi connectivity index (χ0v) is 13.3. The topological polar surface area (TPSA) is 66.8 Å². The lowest BCUT2D eigenvalue weighted by molar-refractivity contribution is -0.148. The molecule has 120 valence electrons. The molecule has 2 fully saturated rings. The Balaban J connectivity index is 1.76. The molecule has 3 aliphatic heterocycles. The number of fused-ring (bicyclic) bond motifs is 1. The Kier molecular flexibility index (Phi) is 3.63. The second-order valence-electron chi connectivity index (χ2n) is 6.91. The number of carbonyl (C=O) groups is 2. The molecule has 0 aromatic rings. The fourth-order valence-electron chi connectivity index (χ4n) is 3.95. The highest BCUT2D eigenvalue weighted by Crippen LogP contribution is 2.52. The van der Waals surface area contributed by atoms with E-state index in [-0.39, 0.29) is 11.9 Å². The van der Waals surface area contributed by atoms with Gasteiger partial charge >= 0.3 is 5.97 Å². The minimum Gasteiger partial charge on any atom is -0.481 e. The van der Waals surface area contributed by atoms with Crippen molar-refractivity contribution in [2.75, 3.05) is 6.54 Å². The summed E-state index contributed by atoms with van der Waals surface area (Å²) in [5, 5.41) is 9.43. The normalized spacial score (nSPS) is 36.6. The molecule has 0 unspecified atom stereocenters. The minimum absolute atomic E-state index is 0.0658. The number of carboxylic acids is 1. The van der Waals surface area contributed by atoms with Crippen LogP contribution in [0.4, 0.5) is 0 Å². The average molecular weight is 305 g/mol. The highest BCUT2D eigenvalue weighted by Gasteiger charge is 2.67. The number of hydrogen-bond acceptors (Lipinski definition) is 3. The Labute approximate surface area is 130 Å². The molecule has 5 heteroatoms. The third-order valence-corrected chi connectivity index (χ3v) is 5.08. The molecule has 3 aliphatic rings. The fourth-order valence-corrected chi connectivity index (χ4v) is 3.95. The number of carbonyl (C=O) groups excluding carboxylic acids is 1. The standard InChI is InChI=1S/C17H23NO4/c1-10(2)5-4-6-11(3)18-9-17-8-7-12(22-17)13(16(20)21)14(17)15(18)19/h5,7-8,11-14H,4,6,9H2,1-3H3,(H,20,21)/t11-,12+,13-,14-,17+/m0/s1. The third kappa shape index (κ3) is 2.19. The zero-order valence-electron chi connectivity index (χ0n) is 13.3. The van der Waals surface area contributed by atoms with Gasteiger partial charge in [-0.05, 0) is 33.6 Å². The van der Waals surface area contributed by atoms with Crippen molar-refractivity contribution in [1.29, 1.82) is 0 Å². The van der Waals surface area contributed by atoms with Gasteiger partial charge in [0.25, 0.3) is 0 Å². The van der Waals surface area contributed by atoms with Gasteiger partial charge in [-0.1, -0.05) is 23.8 Å². The van der Waals surface area contributed by atoms with Crippen LogP contribution < -0.4 is 0 Å². The second kappa shape index (κ2) is 5.23. The Morgan fingerprint density at radius 2 is 2.32 bits per heavy atom. The van der Waals surface area contributed by atoms with Gasteiger partial charge in [0.15, 0.2) is 0 Å². The van der Waals surface area contributed by atoms with E-state index in [1.807, 2.05) is 17.9 Å². The van der Waals surface area contributed by atoms with E-state index in [2.05, 4.69) is 19.9 Å². The quantitative estimate of drug-likeness (QED) is 0.789. The first-order chi connectivity index (χ1) is 10.4. The SMILES string of the molecule is CC(C)=CCC[C@H](C)N1C[C@@]23C=C[C@@H](O2)[C@H](C(=O)O)[C@H]3C1=O. The predicted octanol–water partition coefficient (Wildman–Crippen LogP) is 1.99. The summed E-state index contributed by atoms with van der Waals surface area (Å²) in [7, 11) is 0. The van der Waals surface area contributed by atoms with Crippen LogP contribution in [0.25, 0.3) is 0 Å². The number of carboxylic acid groups (broad SMARTS) is 1. The molecule has 3 rings (SSSR count). The first-order valence-corrected chi connectivity index (χ1v) is 7.89. The molecule has 0 aromatic heterocycles. The number of rotatable bonds is 5.